The maximum atomic E-state index is 12.3. The summed E-state index contributed by atoms with van der Waals surface area (Å²) in [6.45, 7) is 0.530. The standard InChI is InChI=1S/C15H20N2O4S/c1-20-12-5-3-11(4-6-12)13-10-22-8-7-17(13)15(19)16-9-14(18)21-2/h3-6,13H,7-10H2,1-2H3,(H,16,19)/t13-/m1/s1. The zero-order valence-corrected chi connectivity index (χ0v) is 13.5. The molecule has 0 spiro atoms. The molecule has 1 fully saturated rings. The van der Waals surface area contributed by atoms with E-state index >= 15 is 0 Å². The molecule has 1 aromatic rings. The summed E-state index contributed by atoms with van der Waals surface area (Å²) in [6, 6.07) is 7.46. The molecular weight excluding hydrogens is 304 g/mol. The van der Waals surface area contributed by atoms with Crippen LogP contribution in [0.5, 0.6) is 5.75 Å². The SMILES string of the molecule is COC(=O)CNC(=O)N1CCSC[C@@H]1c1ccc(OC)cc1. The fraction of sp³-hybridized carbons (Fsp3) is 0.467. The van der Waals surface area contributed by atoms with E-state index in [1.807, 2.05) is 36.0 Å². The number of thioether (sulfide) groups is 1. The lowest BCUT2D eigenvalue weighted by molar-refractivity contribution is -0.139. The summed E-state index contributed by atoms with van der Waals surface area (Å²) in [7, 11) is 2.92. The van der Waals surface area contributed by atoms with Gasteiger partial charge in [-0.1, -0.05) is 12.1 Å². The molecule has 0 radical (unpaired) electrons. The number of carbonyl (C=O) groups excluding carboxylic acids is 2. The fourth-order valence-corrected chi connectivity index (χ4v) is 3.36. The van der Waals surface area contributed by atoms with Crippen LogP contribution < -0.4 is 10.1 Å². The number of hydrogen-bond donors (Lipinski definition) is 1. The van der Waals surface area contributed by atoms with E-state index in [4.69, 9.17) is 4.74 Å². The predicted molar refractivity (Wildman–Crippen MR) is 85.2 cm³/mol. The molecule has 1 aromatic carbocycles. The van der Waals surface area contributed by atoms with Crippen molar-refractivity contribution in [3.63, 3.8) is 0 Å². The molecule has 1 N–H and O–H groups in total. The van der Waals surface area contributed by atoms with Crippen molar-refractivity contribution in [2.75, 3.05) is 38.8 Å². The maximum Gasteiger partial charge on any atom is 0.325 e. The molecular formula is C15H20N2O4S. The summed E-state index contributed by atoms with van der Waals surface area (Å²) in [6.07, 6.45) is 0. The number of methoxy groups -OCH3 is 2. The number of amides is 2. The molecule has 1 aliphatic rings. The highest BCUT2D eigenvalue weighted by molar-refractivity contribution is 7.99. The number of benzene rings is 1. The Bertz CT molecular complexity index is 521. The molecule has 120 valence electrons. The quantitative estimate of drug-likeness (QED) is 0.853. The molecule has 1 heterocycles. The smallest absolute Gasteiger partial charge is 0.325 e. The van der Waals surface area contributed by atoms with Gasteiger partial charge in [-0.05, 0) is 17.7 Å². The Morgan fingerprint density at radius 1 is 1.32 bits per heavy atom. The predicted octanol–water partition coefficient (Wildman–Crippen LogP) is 1.67. The van der Waals surface area contributed by atoms with E-state index in [-0.39, 0.29) is 18.6 Å². The van der Waals surface area contributed by atoms with Gasteiger partial charge >= 0.3 is 12.0 Å². The van der Waals surface area contributed by atoms with Crippen LogP contribution >= 0.6 is 11.8 Å². The van der Waals surface area contributed by atoms with Crippen LogP contribution in [0.3, 0.4) is 0 Å². The van der Waals surface area contributed by atoms with E-state index in [1.54, 1.807) is 12.0 Å². The fourth-order valence-electron chi connectivity index (χ4n) is 2.27. The Morgan fingerprint density at radius 3 is 2.68 bits per heavy atom. The van der Waals surface area contributed by atoms with E-state index in [1.165, 1.54) is 7.11 Å². The molecule has 1 atom stereocenters. The summed E-state index contributed by atoms with van der Waals surface area (Å²) in [4.78, 5) is 25.2. The van der Waals surface area contributed by atoms with Crippen molar-refractivity contribution in [2.24, 2.45) is 0 Å². The highest BCUT2D eigenvalue weighted by Gasteiger charge is 2.28. The molecule has 2 rings (SSSR count). The molecule has 0 aliphatic carbocycles. The van der Waals surface area contributed by atoms with Crippen LogP contribution in [0, 0.1) is 0 Å². The average molecular weight is 324 g/mol. The van der Waals surface area contributed by atoms with Gasteiger partial charge in [0.25, 0.3) is 0 Å². The van der Waals surface area contributed by atoms with Gasteiger partial charge in [0.1, 0.15) is 12.3 Å². The van der Waals surface area contributed by atoms with E-state index in [0.717, 1.165) is 22.8 Å². The van der Waals surface area contributed by atoms with Gasteiger partial charge in [-0.3, -0.25) is 4.79 Å². The van der Waals surface area contributed by atoms with E-state index in [2.05, 4.69) is 10.1 Å². The van der Waals surface area contributed by atoms with Crippen LogP contribution in [-0.2, 0) is 9.53 Å². The highest BCUT2D eigenvalue weighted by Crippen LogP contribution is 2.30. The van der Waals surface area contributed by atoms with Crippen LogP contribution in [0.4, 0.5) is 4.79 Å². The zero-order chi connectivity index (χ0) is 15.9. The van der Waals surface area contributed by atoms with Crippen LogP contribution in [0.2, 0.25) is 0 Å². The number of rotatable bonds is 4. The molecule has 0 unspecified atom stereocenters. The number of nitrogens with zero attached hydrogens (tertiary/aromatic N) is 1. The van der Waals surface area contributed by atoms with Crippen molar-refractivity contribution in [2.45, 2.75) is 6.04 Å². The third-order valence-electron chi connectivity index (χ3n) is 3.50. The summed E-state index contributed by atoms with van der Waals surface area (Å²) in [5, 5.41) is 2.60. The molecule has 7 heteroatoms. The number of ether oxygens (including phenoxy) is 2. The summed E-state index contributed by atoms with van der Waals surface area (Å²) in [5.74, 6) is 2.05. The maximum absolute atomic E-state index is 12.3. The Hall–Kier alpha value is -1.89. The number of carbonyl (C=O) groups is 2. The second-order valence-corrected chi connectivity index (χ2v) is 5.94. The van der Waals surface area contributed by atoms with E-state index in [0.29, 0.717) is 6.54 Å². The van der Waals surface area contributed by atoms with Crippen molar-refractivity contribution < 1.29 is 19.1 Å². The second-order valence-electron chi connectivity index (χ2n) is 4.79. The normalized spacial score (nSPS) is 17.7. The highest BCUT2D eigenvalue weighted by atomic mass is 32.2. The van der Waals surface area contributed by atoms with E-state index in [9.17, 15) is 9.59 Å². The molecule has 1 saturated heterocycles. The number of urea groups is 1. The Balaban J connectivity index is 2.06. The minimum atomic E-state index is -0.458. The van der Waals surface area contributed by atoms with Gasteiger partial charge in [-0.25, -0.2) is 4.79 Å². The van der Waals surface area contributed by atoms with Gasteiger partial charge in [0.15, 0.2) is 0 Å². The Morgan fingerprint density at radius 2 is 2.05 bits per heavy atom. The van der Waals surface area contributed by atoms with Gasteiger partial charge in [0, 0.05) is 18.1 Å². The molecule has 22 heavy (non-hydrogen) atoms. The van der Waals surface area contributed by atoms with Crippen LogP contribution in [0.1, 0.15) is 11.6 Å². The lowest BCUT2D eigenvalue weighted by Gasteiger charge is -2.35. The first-order valence-electron chi connectivity index (χ1n) is 6.98. The average Bonchev–Trinajstić information content (AvgIpc) is 2.59. The van der Waals surface area contributed by atoms with Crippen molar-refractivity contribution in [3.05, 3.63) is 29.8 Å². The van der Waals surface area contributed by atoms with Crippen LogP contribution in [0.15, 0.2) is 24.3 Å². The zero-order valence-electron chi connectivity index (χ0n) is 12.7. The molecule has 6 nitrogen and oxygen atoms in total. The minimum Gasteiger partial charge on any atom is -0.497 e. The van der Waals surface area contributed by atoms with Crippen molar-refractivity contribution in [1.82, 2.24) is 10.2 Å². The number of hydrogen-bond acceptors (Lipinski definition) is 5. The third-order valence-corrected chi connectivity index (χ3v) is 4.52. The lowest BCUT2D eigenvalue weighted by atomic mass is 10.1. The first-order chi connectivity index (χ1) is 10.7. The molecule has 0 bridgehead atoms. The first-order valence-corrected chi connectivity index (χ1v) is 8.14. The van der Waals surface area contributed by atoms with Gasteiger partial charge in [0.05, 0.1) is 20.3 Å². The van der Waals surface area contributed by atoms with Crippen molar-refractivity contribution in [1.29, 1.82) is 0 Å². The Kier molecular flexibility index (Phi) is 5.94. The van der Waals surface area contributed by atoms with E-state index < -0.39 is 5.97 Å². The van der Waals surface area contributed by atoms with Gasteiger partial charge in [-0.15, -0.1) is 0 Å². The van der Waals surface area contributed by atoms with Crippen LogP contribution in [0.25, 0.3) is 0 Å². The van der Waals surface area contributed by atoms with Crippen molar-refractivity contribution in [3.8, 4) is 5.75 Å². The first kappa shape index (κ1) is 16.5. The summed E-state index contributed by atoms with van der Waals surface area (Å²) in [5.41, 5.74) is 1.06. The second kappa shape index (κ2) is 7.93. The Labute approximate surface area is 134 Å². The van der Waals surface area contributed by atoms with Crippen molar-refractivity contribution >= 4 is 23.8 Å². The molecule has 2 amide bonds. The topological polar surface area (TPSA) is 67.9 Å². The molecule has 0 aromatic heterocycles. The monoisotopic (exact) mass is 324 g/mol. The molecule has 1 aliphatic heterocycles. The number of esters is 1. The minimum absolute atomic E-state index is 0.0118. The van der Waals surface area contributed by atoms with Gasteiger partial charge in [-0.2, -0.15) is 11.8 Å². The summed E-state index contributed by atoms with van der Waals surface area (Å²) < 4.78 is 9.69. The van der Waals surface area contributed by atoms with Crippen LogP contribution in [-0.4, -0.2) is 55.7 Å². The largest absolute Gasteiger partial charge is 0.497 e. The number of nitrogens with one attached hydrogen (secondary N) is 1. The lowest BCUT2D eigenvalue weighted by Crippen LogP contribution is -2.47. The van der Waals surface area contributed by atoms with Gasteiger partial charge in [0.2, 0.25) is 0 Å². The summed E-state index contributed by atoms with van der Waals surface area (Å²) >= 11 is 1.81. The third kappa shape index (κ3) is 4.07. The van der Waals surface area contributed by atoms with Gasteiger partial charge < -0.3 is 19.7 Å². The molecule has 0 saturated carbocycles.